The van der Waals surface area contributed by atoms with Crippen LogP contribution in [-0.2, 0) is 9.53 Å². The van der Waals surface area contributed by atoms with Crippen LogP contribution in [0.1, 0.15) is 6.92 Å². The van der Waals surface area contributed by atoms with E-state index in [1.54, 1.807) is 19.1 Å². The van der Waals surface area contributed by atoms with Gasteiger partial charge in [-0.3, -0.25) is 4.79 Å². The second-order valence-electron chi connectivity index (χ2n) is 5.08. The smallest absolute Gasteiger partial charge is 0.236 e. The summed E-state index contributed by atoms with van der Waals surface area (Å²) in [7, 11) is 3.32. The van der Waals surface area contributed by atoms with Gasteiger partial charge in [-0.05, 0) is 19.1 Å². The minimum absolute atomic E-state index is 0.0537. The lowest BCUT2D eigenvalue weighted by Gasteiger charge is -2.31. The summed E-state index contributed by atoms with van der Waals surface area (Å²) in [6.07, 6.45) is 0. The van der Waals surface area contributed by atoms with Gasteiger partial charge in [0.15, 0.2) is 0 Å². The zero-order chi connectivity index (χ0) is 14.0. The van der Waals surface area contributed by atoms with Crippen molar-refractivity contribution < 1.29 is 14.3 Å². The van der Waals surface area contributed by atoms with Crippen LogP contribution in [0, 0.1) is 5.41 Å². The second-order valence-corrected chi connectivity index (χ2v) is 5.08. The summed E-state index contributed by atoms with van der Waals surface area (Å²) in [5.41, 5.74) is 6.04. The summed E-state index contributed by atoms with van der Waals surface area (Å²) in [5.74, 6) is 0.608. The predicted molar refractivity (Wildman–Crippen MR) is 73.3 cm³/mol. The fraction of sp³-hybridized carbons (Fsp3) is 0.500. The molecule has 2 rings (SSSR count). The van der Waals surface area contributed by atoms with Gasteiger partial charge in [0.1, 0.15) is 5.75 Å². The molecule has 0 saturated carbocycles. The molecular formula is C14H20N2O3. The number of hydrogen-bond acceptors (Lipinski definition) is 4. The molecule has 0 radical (unpaired) electrons. The standard InChI is InChI=1S/C14H20N2O3/c1-14(9-19-8-12(14)15)13(17)16(2)10-6-4-5-7-11(10)18-3/h4-7,12H,8-9,15H2,1-3H3. The Kier molecular flexibility index (Phi) is 3.78. The van der Waals surface area contributed by atoms with Crippen molar-refractivity contribution in [3.05, 3.63) is 24.3 Å². The fourth-order valence-electron chi connectivity index (χ4n) is 2.31. The lowest BCUT2D eigenvalue weighted by atomic mass is 9.84. The van der Waals surface area contributed by atoms with Crippen molar-refractivity contribution in [1.82, 2.24) is 0 Å². The molecule has 0 spiro atoms. The Morgan fingerprint density at radius 1 is 1.53 bits per heavy atom. The lowest BCUT2D eigenvalue weighted by Crippen LogP contribution is -2.50. The van der Waals surface area contributed by atoms with E-state index in [2.05, 4.69) is 0 Å². The first-order valence-corrected chi connectivity index (χ1v) is 6.25. The summed E-state index contributed by atoms with van der Waals surface area (Å²) in [4.78, 5) is 14.2. The van der Waals surface area contributed by atoms with Gasteiger partial charge in [-0.25, -0.2) is 0 Å². The van der Waals surface area contributed by atoms with Crippen LogP contribution in [0.25, 0.3) is 0 Å². The van der Waals surface area contributed by atoms with Gasteiger partial charge >= 0.3 is 0 Å². The molecule has 0 aromatic heterocycles. The van der Waals surface area contributed by atoms with Crippen molar-refractivity contribution in [2.45, 2.75) is 13.0 Å². The third-order valence-corrected chi connectivity index (χ3v) is 3.76. The third-order valence-electron chi connectivity index (χ3n) is 3.76. The molecule has 2 unspecified atom stereocenters. The number of rotatable bonds is 3. The van der Waals surface area contributed by atoms with Gasteiger partial charge in [-0.1, -0.05) is 12.1 Å². The van der Waals surface area contributed by atoms with E-state index in [0.29, 0.717) is 19.0 Å². The molecule has 1 aliphatic rings. The lowest BCUT2D eigenvalue weighted by molar-refractivity contribution is -0.127. The molecule has 0 aliphatic carbocycles. The quantitative estimate of drug-likeness (QED) is 0.885. The van der Waals surface area contributed by atoms with Gasteiger partial charge < -0.3 is 20.1 Å². The summed E-state index contributed by atoms with van der Waals surface area (Å²) in [5, 5.41) is 0. The molecule has 1 saturated heterocycles. The number of ether oxygens (including phenoxy) is 2. The molecule has 1 heterocycles. The summed E-state index contributed by atoms with van der Waals surface area (Å²) >= 11 is 0. The molecule has 0 bridgehead atoms. The van der Waals surface area contributed by atoms with E-state index in [1.807, 2.05) is 31.2 Å². The number of hydrogen-bond donors (Lipinski definition) is 1. The van der Waals surface area contributed by atoms with Gasteiger partial charge in [0.2, 0.25) is 5.91 Å². The third kappa shape index (κ3) is 2.31. The highest BCUT2D eigenvalue weighted by molar-refractivity contribution is 5.99. The van der Waals surface area contributed by atoms with E-state index in [0.717, 1.165) is 5.69 Å². The molecule has 1 aromatic rings. The fourth-order valence-corrected chi connectivity index (χ4v) is 2.31. The molecule has 19 heavy (non-hydrogen) atoms. The van der Waals surface area contributed by atoms with Crippen molar-refractivity contribution in [3.8, 4) is 5.75 Å². The van der Waals surface area contributed by atoms with Crippen molar-refractivity contribution in [3.63, 3.8) is 0 Å². The molecule has 1 aliphatic heterocycles. The van der Waals surface area contributed by atoms with Crippen molar-refractivity contribution in [2.24, 2.45) is 11.1 Å². The maximum Gasteiger partial charge on any atom is 0.236 e. The van der Waals surface area contributed by atoms with Crippen LogP contribution in [0.15, 0.2) is 24.3 Å². The van der Waals surface area contributed by atoms with Crippen LogP contribution in [0.2, 0.25) is 0 Å². The number of anilines is 1. The molecular weight excluding hydrogens is 244 g/mol. The predicted octanol–water partition coefficient (Wildman–Crippen LogP) is 1.02. The average Bonchev–Trinajstić information content (AvgIpc) is 2.78. The van der Waals surface area contributed by atoms with Gasteiger partial charge in [-0.15, -0.1) is 0 Å². The average molecular weight is 264 g/mol. The molecule has 5 nitrogen and oxygen atoms in total. The van der Waals surface area contributed by atoms with E-state index >= 15 is 0 Å². The molecule has 5 heteroatoms. The number of nitrogens with two attached hydrogens (primary N) is 1. The molecule has 104 valence electrons. The van der Waals surface area contributed by atoms with Gasteiger partial charge in [0, 0.05) is 13.1 Å². The zero-order valence-corrected chi connectivity index (χ0v) is 11.6. The minimum atomic E-state index is -0.685. The molecule has 2 atom stereocenters. The topological polar surface area (TPSA) is 64.8 Å². The Bertz CT molecular complexity index is 478. The van der Waals surface area contributed by atoms with Gasteiger partial charge in [-0.2, -0.15) is 0 Å². The Labute approximate surface area is 113 Å². The normalized spacial score (nSPS) is 26.2. The number of carbonyl (C=O) groups excluding carboxylic acids is 1. The van der Waals surface area contributed by atoms with Crippen LogP contribution in [0.5, 0.6) is 5.75 Å². The minimum Gasteiger partial charge on any atom is -0.495 e. The Morgan fingerprint density at radius 3 is 2.79 bits per heavy atom. The highest BCUT2D eigenvalue weighted by Gasteiger charge is 2.46. The van der Waals surface area contributed by atoms with Crippen molar-refractivity contribution >= 4 is 11.6 Å². The summed E-state index contributed by atoms with van der Waals surface area (Å²) in [6.45, 7) is 2.62. The van der Waals surface area contributed by atoms with Gasteiger partial charge in [0.25, 0.3) is 0 Å². The van der Waals surface area contributed by atoms with Crippen LogP contribution in [0.3, 0.4) is 0 Å². The monoisotopic (exact) mass is 264 g/mol. The number of amides is 1. The summed E-state index contributed by atoms with van der Waals surface area (Å²) < 4.78 is 10.6. The van der Waals surface area contributed by atoms with Crippen molar-refractivity contribution in [1.29, 1.82) is 0 Å². The Hall–Kier alpha value is -1.59. The van der Waals surface area contributed by atoms with Crippen molar-refractivity contribution in [2.75, 3.05) is 32.3 Å². The van der Waals surface area contributed by atoms with Crippen LogP contribution >= 0.6 is 0 Å². The maximum atomic E-state index is 12.7. The first-order chi connectivity index (χ1) is 9.00. The molecule has 1 fully saturated rings. The first kappa shape index (κ1) is 13.8. The molecule has 1 aromatic carbocycles. The van der Waals surface area contributed by atoms with E-state index in [-0.39, 0.29) is 11.9 Å². The van der Waals surface area contributed by atoms with Crippen LogP contribution < -0.4 is 15.4 Å². The number of para-hydroxylation sites is 2. The second kappa shape index (κ2) is 5.19. The highest BCUT2D eigenvalue weighted by Crippen LogP contribution is 2.34. The van der Waals surface area contributed by atoms with E-state index in [9.17, 15) is 4.79 Å². The maximum absolute atomic E-state index is 12.7. The first-order valence-electron chi connectivity index (χ1n) is 6.25. The summed E-state index contributed by atoms with van der Waals surface area (Å²) in [6, 6.07) is 7.13. The van der Waals surface area contributed by atoms with Crippen LogP contribution in [0.4, 0.5) is 5.69 Å². The number of benzene rings is 1. The zero-order valence-electron chi connectivity index (χ0n) is 11.6. The van der Waals surface area contributed by atoms with E-state index in [4.69, 9.17) is 15.2 Å². The molecule has 1 amide bonds. The number of methoxy groups -OCH3 is 1. The highest BCUT2D eigenvalue weighted by atomic mass is 16.5. The largest absolute Gasteiger partial charge is 0.495 e. The van der Waals surface area contributed by atoms with Gasteiger partial charge in [0.05, 0.1) is 31.4 Å². The SMILES string of the molecule is COc1ccccc1N(C)C(=O)C1(C)COCC1N. The number of carbonyl (C=O) groups is 1. The molecule has 2 N–H and O–H groups in total. The Balaban J connectivity index is 2.29. The van der Waals surface area contributed by atoms with E-state index in [1.165, 1.54) is 0 Å². The van der Waals surface area contributed by atoms with Crippen LogP contribution in [-0.4, -0.2) is 39.3 Å². The van der Waals surface area contributed by atoms with E-state index < -0.39 is 5.41 Å². The Morgan fingerprint density at radius 2 is 2.21 bits per heavy atom. The number of nitrogens with zero attached hydrogens (tertiary/aromatic N) is 1.